The van der Waals surface area contributed by atoms with Gasteiger partial charge in [0.05, 0.1) is 18.2 Å². The number of hydrogen-bond acceptors (Lipinski definition) is 2. The molecule has 62 valence electrons. The Morgan fingerprint density at radius 2 is 2.58 bits per heavy atom. The SMILES string of the molecule is Cn1ncc2c1CCCC2C#N. The fourth-order valence-corrected chi connectivity index (χ4v) is 1.84. The average Bonchev–Trinajstić information content (AvgIpc) is 2.48. The van der Waals surface area contributed by atoms with Crippen LogP contribution >= 0.6 is 0 Å². The van der Waals surface area contributed by atoms with Gasteiger partial charge in [0.25, 0.3) is 0 Å². The van der Waals surface area contributed by atoms with Crippen molar-refractivity contribution in [3.63, 3.8) is 0 Å². The van der Waals surface area contributed by atoms with Crippen LogP contribution in [-0.4, -0.2) is 9.78 Å². The van der Waals surface area contributed by atoms with Gasteiger partial charge >= 0.3 is 0 Å². The summed E-state index contributed by atoms with van der Waals surface area (Å²) < 4.78 is 1.89. The van der Waals surface area contributed by atoms with Gasteiger partial charge in [0.1, 0.15) is 0 Å². The van der Waals surface area contributed by atoms with E-state index in [0.29, 0.717) is 0 Å². The summed E-state index contributed by atoms with van der Waals surface area (Å²) in [6.45, 7) is 0. The predicted octanol–water partition coefficient (Wildman–Crippen LogP) is 1.36. The second-order valence-corrected chi connectivity index (χ2v) is 3.24. The molecule has 3 nitrogen and oxygen atoms in total. The van der Waals surface area contributed by atoms with Crippen LogP contribution in [0.4, 0.5) is 0 Å². The second kappa shape index (κ2) is 2.63. The zero-order valence-corrected chi connectivity index (χ0v) is 7.12. The third-order valence-electron chi connectivity index (χ3n) is 2.53. The fraction of sp³-hybridized carbons (Fsp3) is 0.556. The van der Waals surface area contributed by atoms with E-state index >= 15 is 0 Å². The Morgan fingerprint density at radius 3 is 3.33 bits per heavy atom. The van der Waals surface area contributed by atoms with Crippen molar-refractivity contribution in [1.82, 2.24) is 9.78 Å². The third kappa shape index (κ3) is 0.918. The van der Waals surface area contributed by atoms with Crippen molar-refractivity contribution in [2.75, 3.05) is 0 Å². The maximum Gasteiger partial charge on any atom is 0.0746 e. The van der Waals surface area contributed by atoms with Crippen LogP contribution in [-0.2, 0) is 13.5 Å². The van der Waals surface area contributed by atoms with Gasteiger partial charge in [-0.25, -0.2) is 0 Å². The van der Waals surface area contributed by atoms with Crippen molar-refractivity contribution < 1.29 is 0 Å². The van der Waals surface area contributed by atoms with Gasteiger partial charge < -0.3 is 0 Å². The largest absolute Gasteiger partial charge is 0.272 e. The van der Waals surface area contributed by atoms with E-state index in [1.165, 1.54) is 5.69 Å². The monoisotopic (exact) mass is 161 g/mol. The summed E-state index contributed by atoms with van der Waals surface area (Å²) in [5, 5.41) is 13.0. The summed E-state index contributed by atoms with van der Waals surface area (Å²) in [4.78, 5) is 0. The van der Waals surface area contributed by atoms with Crippen LogP contribution in [0.5, 0.6) is 0 Å². The molecule has 0 aromatic carbocycles. The van der Waals surface area contributed by atoms with Crippen molar-refractivity contribution in [1.29, 1.82) is 5.26 Å². The molecule has 0 aliphatic heterocycles. The quantitative estimate of drug-likeness (QED) is 0.576. The maximum absolute atomic E-state index is 8.86. The molecule has 0 N–H and O–H groups in total. The number of aromatic nitrogens is 2. The van der Waals surface area contributed by atoms with Gasteiger partial charge in [0, 0.05) is 18.3 Å². The number of nitrogens with zero attached hydrogens (tertiary/aromatic N) is 3. The van der Waals surface area contributed by atoms with E-state index in [0.717, 1.165) is 24.8 Å². The highest BCUT2D eigenvalue weighted by Crippen LogP contribution is 2.30. The molecule has 0 radical (unpaired) electrons. The van der Waals surface area contributed by atoms with Crippen molar-refractivity contribution in [2.24, 2.45) is 7.05 Å². The molecule has 1 aliphatic rings. The van der Waals surface area contributed by atoms with Crippen LogP contribution in [0.2, 0.25) is 0 Å². The Balaban J connectivity index is 2.47. The first-order chi connectivity index (χ1) is 5.83. The van der Waals surface area contributed by atoms with Crippen LogP contribution in [0.3, 0.4) is 0 Å². The fourth-order valence-electron chi connectivity index (χ4n) is 1.84. The second-order valence-electron chi connectivity index (χ2n) is 3.24. The van der Waals surface area contributed by atoms with Crippen molar-refractivity contribution in [3.8, 4) is 6.07 Å². The lowest BCUT2D eigenvalue weighted by molar-refractivity contribution is 0.597. The minimum Gasteiger partial charge on any atom is -0.272 e. The van der Waals surface area contributed by atoms with Gasteiger partial charge in [-0.05, 0) is 19.3 Å². The summed E-state index contributed by atoms with van der Waals surface area (Å²) in [5.41, 5.74) is 2.39. The van der Waals surface area contributed by atoms with Crippen molar-refractivity contribution >= 4 is 0 Å². The van der Waals surface area contributed by atoms with Crippen molar-refractivity contribution in [2.45, 2.75) is 25.2 Å². The van der Waals surface area contributed by atoms with Gasteiger partial charge in [-0.3, -0.25) is 4.68 Å². The minimum absolute atomic E-state index is 0.0856. The zero-order valence-electron chi connectivity index (χ0n) is 7.12. The van der Waals surface area contributed by atoms with Crippen LogP contribution < -0.4 is 0 Å². The van der Waals surface area contributed by atoms with E-state index < -0.39 is 0 Å². The first-order valence-corrected chi connectivity index (χ1v) is 4.23. The standard InChI is InChI=1S/C9H11N3/c1-12-9-4-2-3-7(5-10)8(9)6-11-12/h6-7H,2-4H2,1H3. The van der Waals surface area contributed by atoms with Crippen LogP contribution in [0, 0.1) is 11.3 Å². The van der Waals surface area contributed by atoms with Gasteiger partial charge in [0.2, 0.25) is 0 Å². The summed E-state index contributed by atoms with van der Waals surface area (Å²) >= 11 is 0. The third-order valence-corrected chi connectivity index (χ3v) is 2.53. The molecule has 0 fully saturated rings. The molecular formula is C9H11N3. The molecule has 0 bridgehead atoms. The van der Waals surface area contributed by atoms with Gasteiger partial charge in [0.15, 0.2) is 0 Å². The molecule has 2 rings (SSSR count). The average molecular weight is 161 g/mol. The molecule has 1 heterocycles. The molecule has 1 aromatic rings. The van der Waals surface area contributed by atoms with E-state index in [2.05, 4.69) is 11.2 Å². The zero-order chi connectivity index (χ0) is 8.55. The van der Waals surface area contributed by atoms with Crippen LogP contribution in [0.15, 0.2) is 6.20 Å². The molecule has 1 atom stereocenters. The minimum atomic E-state index is 0.0856. The Morgan fingerprint density at radius 1 is 1.75 bits per heavy atom. The highest BCUT2D eigenvalue weighted by molar-refractivity contribution is 5.29. The summed E-state index contributed by atoms with van der Waals surface area (Å²) in [7, 11) is 1.94. The molecule has 0 saturated heterocycles. The van der Waals surface area contributed by atoms with Gasteiger partial charge in [-0.15, -0.1) is 0 Å². The van der Waals surface area contributed by atoms with E-state index in [4.69, 9.17) is 5.26 Å². The lowest BCUT2D eigenvalue weighted by Crippen LogP contribution is -2.09. The smallest absolute Gasteiger partial charge is 0.0746 e. The summed E-state index contributed by atoms with van der Waals surface area (Å²) in [6, 6.07) is 2.32. The maximum atomic E-state index is 8.86. The highest BCUT2D eigenvalue weighted by atomic mass is 15.3. The number of aryl methyl sites for hydroxylation is 1. The Kier molecular flexibility index (Phi) is 1.61. The van der Waals surface area contributed by atoms with Crippen LogP contribution in [0.25, 0.3) is 0 Å². The van der Waals surface area contributed by atoms with Gasteiger partial charge in [-0.2, -0.15) is 10.4 Å². The Labute approximate surface area is 71.6 Å². The number of fused-ring (bicyclic) bond motifs is 1. The van der Waals surface area contributed by atoms with E-state index in [1.807, 2.05) is 17.9 Å². The van der Waals surface area contributed by atoms with E-state index in [9.17, 15) is 0 Å². The first-order valence-electron chi connectivity index (χ1n) is 4.23. The lowest BCUT2D eigenvalue weighted by Gasteiger charge is -2.16. The molecule has 1 aromatic heterocycles. The molecular weight excluding hydrogens is 150 g/mol. The summed E-state index contributed by atoms with van der Waals surface area (Å²) in [6.07, 6.45) is 5.02. The molecule has 0 saturated carbocycles. The molecule has 3 heteroatoms. The highest BCUT2D eigenvalue weighted by Gasteiger charge is 2.22. The molecule has 0 spiro atoms. The predicted molar refractivity (Wildman–Crippen MR) is 44.5 cm³/mol. The number of rotatable bonds is 0. The molecule has 12 heavy (non-hydrogen) atoms. The first kappa shape index (κ1) is 7.35. The van der Waals surface area contributed by atoms with Gasteiger partial charge in [-0.1, -0.05) is 0 Å². The topological polar surface area (TPSA) is 41.6 Å². The van der Waals surface area contributed by atoms with Crippen molar-refractivity contribution in [3.05, 3.63) is 17.5 Å². The molecule has 0 amide bonds. The van der Waals surface area contributed by atoms with E-state index in [1.54, 1.807) is 0 Å². The molecule has 1 aliphatic carbocycles. The number of hydrogen-bond donors (Lipinski definition) is 0. The summed E-state index contributed by atoms with van der Waals surface area (Å²) in [5.74, 6) is 0.0856. The normalized spacial score (nSPS) is 21.5. The Bertz CT molecular complexity index is 332. The molecule has 1 unspecified atom stereocenters. The van der Waals surface area contributed by atoms with E-state index in [-0.39, 0.29) is 5.92 Å². The lowest BCUT2D eigenvalue weighted by atomic mass is 9.88. The number of nitriles is 1. The Hall–Kier alpha value is -1.30. The van der Waals surface area contributed by atoms with Crippen LogP contribution in [0.1, 0.15) is 30.0 Å².